The van der Waals surface area contributed by atoms with Gasteiger partial charge in [0.25, 0.3) is 10.0 Å². The van der Waals surface area contributed by atoms with Crippen LogP contribution in [0.4, 0.5) is 5.69 Å². The first kappa shape index (κ1) is 15.6. The average molecular weight is 412 g/mol. The van der Waals surface area contributed by atoms with Gasteiger partial charge in [-0.25, -0.2) is 8.42 Å². The van der Waals surface area contributed by atoms with Crippen LogP contribution >= 0.6 is 50.5 Å². The molecule has 2 aromatic rings. The number of nitrogens with one attached hydrogen (secondary N) is 1. The van der Waals surface area contributed by atoms with Crippen molar-refractivity contribution >= 4 is 66.2 Å². The first-order valence-electron chi connectivity index (χ1n) is 5.01. The topological polar surface area (TPSA) is 70.0 Å². The Bertz CT molecular complexity index is 793. The number of thiophene rings is 1. The van der Waals surface area contributed by atoms with E-state index >= 15 is 0 Å². The molecule has 0 radical (unpaired) electrons. The monoisotopic (exact) mass is 410 g/mol. The number of hydrogen-bond donors (Lipinski definition) is 1. The predicted octanol–water partition coefficient (Wildman–Crippen LogP) is 4.49. The Kier molecular flexibility index (Phi) is 4.62. The number of hydrogen-bond acceptors (Lipinski definition) is 4. The molecule has 0 spiro atoms. The highest BCUT2D eigenvalue weighted by Crippen LogP contribution is 2.35. The molecule has 0 unspecified atom stereocenters. The van der Waals surface area contributed by atoms with E-state index in [-0.39, 0.29) is 15.5 Å². The summed E-state index contributed by atoms with van der Waals surface area (Å²) >= 11 is 15.8. The number of benzene rings is 1. The summed E-state index contributed by atoms with van der Waals surface area (Å²) in [4.78, 5) is 0. The highest BCUT2D eigenvalue weighted by molar-refractivity contribution is 9.11. The zero-order chi connectivity index (χ0) is 14.9. The van der Waals surface area contributed by atoms with Crippen LogP contribution in [-0.2, 0) is 10.0 Å². The minimum absolute atomic E-state index is 0.0400. The summed E-state index contributed by atoms with van der Waals surface area (Å²) in [6.45, 7) is 0. The lowest BCUT2D eigenvalue weighted by atomic mass is 10.2. The van der Waals surface area contributed by atoms with Gasteiger partial charge in [-0.05, 0) is 40.2 Å². The summed E-state index contributed by atoms with van der Waals surface area (Å²) in [6, 6.07) is 7.55. The van der Waals surface area contributed by atoms with Gasteiger partial charge in [0.05, 0.1) is 20.1 Å². The second-order valence-corrected chi connectivity index (χ2v) is 8.72. The van der Waals surface area contributed by atoms with Crippen molar-refractivity contribution in [3.05, 3.63) is 43.7 Å². The summed E-state index contributed by atoms with van der Waals surface area (Å²) in [5.41, 5.74) is 0.306. The molecule has 0 aliphatic heterocycles. The zero-order valence-corrected chi connectivity index (χ0v) is 14.3. The van der Waals surface area contributed by atoms with Crippen molar-refractivity contribution in [2.24, 2.45) is 0 Å². The van der Waals surface area contributed by atoms with Crippen LogP contribution in [0.25, 0.3) is 0 Å². The molecule has 0 aliphatic carbocycles. The van der Waals surface area contributed by atoms with E-state index in [1.54, 1.807) is 0 Å². The number of anilines is 1. The van der Waals surface area contributed by atoms with Crippen LogP contribution < -0.4 is 4.72 Å². The van der Waals surface area contributed by atoms with Gasteiger partial charge in [0.2, 0.25) is 0 Å². The number of nitriles is 1. The second-order valence-electron chi connectivity index (χ2n) is 3.59. The zero-order valence-electron chi connectivity index (χ0n) is 9.52. The van der Waals surface area contributed by atoms with Crippen LogP contribution in [0.1, 0.15) is 5.56 Å². The molecule has 0 aliphatic rings. The number of sulfonamides is 1. The van der Waals surface area contributed by atoms with Gasteiger partial charge in [-0.1, -0.05) is 23.2 Å². The molecule has 2 rings (SSSR count). The Morgan fingerprint density at radius 1 is 1.30 bits per heavy atom. The fraction of sp³-hybridized carbons (Fsp3) is 0. The molecule has 9 heteroatoms. The summed E-state index contributed by atoms with van der Waals surface area (Å²) in [6.07, 6.45) is 0. The minimum Gasteiger partial charge on any atom is -0.278 e. The molecule has 1 aromatic carbocycles. The van der Waals surface area contributed by atoms with E-state index in [4.69, 9.17) is 28.5 Å². The highest BCUT2D eigenvalue weighted by Gasteiger charge is 2.20. The Morgan fingerprint density at radius 2 is 2.00 bits per heavy atom. The van der Waals surface area contributed by atoms with Crippen molar-refractivity contribution in [3.63, 3.8) is 0 Å². The van der Waals surface area contributed by atoms with Gasteiger partial charge in [0.1, 0.15) is 10.3 Å². The normalized spacial score (nSPS) is 11.1. The second kappa shape index (κ2) is 5.92. The Hall–Kier alpha value is -0.780. The molecule has 0 bridgehead atoms. The largest absolute Gasteiger partial charge is 0.278 e. The molecule has 0 atom stereocenters. The molecule has 20 heavy (non-hydrogen) atoms. The average Bonchev–Trinajstić information content (AvgIpc) is 2.70. The Labute approximate surface area is 138 Å². The van der Waals surface area contributed by atoms with Gasteiger partial charge in [-0.15, -0.1) is 11.3 Å². The molecule has 104 valence electrons. The van der Waals surface area contributed by atoms with Crippen LogP contribution in [0.5, 0.6) is 0 Å². The first-order chi connectivity index (χ1) is 9.33. The lowest BCUT2D eigenvalue weighted by molar-refractivity contribution is 0.603. The van der Waals surface area contributed by atoms with Crippen molar-refractivity contribution in [2.45, 2.75) is 4.21 Å². The van der Waals surface area contributed by atoms with Crippen LogP contribution in [-0.4, -0.2) is 8.42 Å². The molecule has 0 amide bonds. The molecular weight excluding hydrogens is 407 g/mol. The molecule has 0 fully saturated rings. The van der Waals surface area contributed by atoms with Crippen molar-refractivity contribution < 1.29 is 8.42 Å². The maximum Gasteiger partial charge on any atom is 0.271 e. The van der Waals surface area contributed by atoms with Crippen molar-refractivity contribution in [1.29, 1.82) is 5.26 Å². The molecule has 1 heterocycles. The fourth-order valence-electron chi connectivity index (χ4n) is 1.35. The van der Waals surface area contributed by atoms with Gasteiger partial charge < -0.3 is 0 Å². The number of halogens is 3. The number of nitrogens with zero attached hydrogens (tertiary/aromatic N) is 1. The smallest absolute Gasteiger partial charge is 0.271 e. The van der Waals surface area contributed by atoms with E-state index in [0.29, 0.717) is 13.8 Å². The number of rotatable bonds is 3. The predicted molar refractivity (Wildman–Crippen MR) is 84.0 cm³/mol. The third kappa shape index (κ3) is 3.27. The molecular formula is C11H5BrCl2N2O2S2. The van der Waals surface area contributed by atoms with Crippen molar-refractivity contribution in [1.82, 2.24) is 0 Å². The summed E-state index contributed by atoms with van der Waals surface area (Å²) < 4.78 is 27.3. The fourth-order valence-corrected chi connectivity index (χ4v) is 4.99. The van der Waals surface area contributed by atoms with E-state index in [1.807, 2.05) is 6.07 Å². The lowest BCUT2D eigenvalue weighted by Gasteiger charge is -2.08. The van der Waals surface area contributed by atoms with Gasteiger partial charge in [0, 0.05) is 5.02 Å². The third-order valence-corrected chi connectivity index (χ3v) is 6.78. The maximum absolute atomic E-state index is 12.2. The van der Waals surface area contributed by atoms with Crippen molar-refractivity contribution in [2.75, 3.05) is 4.72 Å². The van der Waals surface area contributed by atoms with Crippen LogP contribution in [0, 0.1) is 11.3 Å². The first-order valence-corrected chi connectivity index (χ1v) is 8.85. The van der Waals surface area contributed by atoms with E-state index in [1.165, 1.54) is 24.3 Å². The summed E-state index contributed by atoms with van der Waals surface area (Å²) in [7, 11) is -3.82. The SMILES string of the molecule is N#Cc1ccc(Cl)cc1NS(=O)(=O)c1cc(Cl)c(Br)s1. The molecule has 0 saturated heterocycles. The minimum atomic E-state index is -3.82. The summed E-state index contributed by atoms with van der Waals surface area (Å²) in [5.74, 6) is 0. The lowest BCUT2D eigenvalue weighted by Crippen LogP contribution is -2.12. The van der Waals surface area contributed by atoms with Crippen LogP contribution in [0.2, 0.25) is 10.0 Å². The highest BCUT2D eigenvalue weighted by atomic mass is 79.9. The van der Waals surface area contributed by atoms with Crippen LogP contribution in [0.15, 0.2) is 32.3 Å². The van der Waals surface area contributed by atoms with Gasteiger partial charge >= 0.3 is 0 Å². The van der Waals surface area contributed by atoms with Gasteiger partial charge in [-0.2, -0.15) is 5.26 Å². The molecule has 0 saturated carbocycles. The van der Waals surface area contributed by atoms with E-state index in [9.17, 15) is 8.42 Å². The van der Waals surface area contributed by atoms with E-state index < -0.39 is 10.0 Å². The third-order valence-electron chi connectivity index (χ3n) is 2.23. The van der Waals surface area contributed by atoms with Gasteiger partial charge in [-0.3, -0.25) is 4.72 Å². The summed E-state index contributed by atoms with van der Waals surface area (Å²) in [5, 5.41) is 9.60. The van der Waals surface area contributed by atoms with Crippen molar-refractivity contribution in [3.8, 4) is 6.07 Å². The molecule has 1 aromatic heterocycles. The Morgan fingerprint density at radius 3 is 2.55 bits per heavy atom. The Balaban J connectivity index is 2.43. The standard InChI is InChI=1S/C11H5BrCl2N2O2S2/c12-11-8(14)4-10(19-11)20(17,18)16-9-3-7(13)2-1-6(9)5-15/h1-4,16H. The van der Waals surface area contributed by atoms with E-state index in [0.717, 1.165) is 11.3 Å². The van der Waals surface area contributed by atoms with E-state index in [2.05, 4.69) is 20.7 Å². The maximum atomic E-state index is 12.2. The van der Waals surface area contributed by atoms with Crippen LogP contribution in [0.3, 0.4) is 0 Å². The molecule has 1 N–H and O–H groups in total. The molecule has 4 nitrogen and oxygen atoms in total. The van der Waals surface area contributed by atoms with Gasteiger partial charge in [0.15, 0.2) is 0 Å². The quantitative estimate of drug-likeness (QED) is 0.808.